The fourth-order valence-corrected chi connectivity index (χ4v) is 3.26. The molecule has 120 valence electrons. The average molecular weight is 327 g/mol. The fourth-order valence-electron chi connectivity index (χ4n) is 3.04. The summed E-state index contributed by atoms with van der Waals surface area (Å²) in [6.45, 7) is 0. The summed E-state index contributed by atoms with van der Waals surface area (Å²) >= 11 is 5.28. The highest BCUT2D eigenvalue weighted by atomic mass is 32.1. The van der Waals surface area contributed by atoms with Crippen molar-refractivity contribution in [2.75, 3.05) is 0 Å². The first-order valence-electron chi connectivity index (χ1n) is 8.04. The van der Waals surface area contributed by atoms with Crippen LogP contribution in [0.15, 0.2) is 41.5 Å². The zero-order valence-electron chi connectivity index (χ0n) is 13.0. The van der Waals surface area contributed by atoms with Gasteiger partial charge in [0.25, 0.3) is 0 Å². The number of benzene rings is 2. The number of hydrogen-bond donors (Lipinski definition) is 3. The SMILES string of the molecule is Oc1ccc2ccccc2c1/C=N\NC(=S)NC1CCCCC1. The van der Waals surface area contributed by atoms with E-state index in [1.54, 1.807) is 12.3 Å². The Morgan fingerprint density at radius 3 is 2.74 bits per heavy atom. The van der Waals surface area contributed by atoms with Gasteiger partial charge >= 0.3 is 0 Å². The number of rotatable bonds is 3. The smallest absolute Gasteiger partial charge is 0.187 e. The van der Waals surface area contributed by atoms with Crippen molar-refractivity contribution in [3.05, 3.63) is 42.0 Å². The summed E-state index contributed by atoms with van der Waals surface area (Å²) in [4.78, 5) is 0. The molecule has 1 saturated carbocycles. The average Bonchev–Trinajstić information content (AvgIpc) is 2.58. The topological polar surface area (TPSA) is 56.7 Å². The van der Waals surface area contributed by atoms with E-state index in [0.717, 1.165) is 23.6 Å². The maximum absolute atomic E-state index is 10.1. The zero-order valence-corrected chi connectivity index (χ0v) is 13.8. The summed E-state index contributed by atoms with van der Waals surface area (Å²) in [6.07, 6.45) is 7.77. The van der Waals surface area contributed by atoms with Gasteiger partial charge in [-0.1, -0.05) is 49.6 Å². The number of phenolic OH excluding ortho intramolecular Hbond substituents is 1. The molecular formula is C18H21N3OS. The van der Waals surface area contributed by atoms with E-state index in [1.807, 2.05) is 30.3 Å². The lowest BCUT2D eigenvalue weighted by atomic mass is 9.96. The van der Waals surface area contributed by atoms with Crippen LogP contribution in [-0.2, 0) is 0 Å². The lowest BCUT2D eigenvalue weighted by molar-refractivity contribution is 0.412. The van der Waals surface area contributed by atoms with Crippen LogP contribution in [0.5, 0.6) is 5.75 Å². The van der Waals surface area contributed by atoms with E-state index in [0.29, 0.717) is 16.7 Å². The van der Waals surface area contributed by atoms with Crippen molar-refractivity contribution in [1.82, 2.24) is 10.7 Å². The number of phenols is 1. The second-order valence-corrected chi connectivity index (χ2v) is 6.31. The summed E-state index contributed by atoms with van der Waals surface area (Å²) in [5.41, 5.74) is 3.54. The molecule has 23 heavy (non-hydrogen) atoms. The molecule has 1 fully saturated rings. The molecule has 2 aromatic carbocycles. The maximum atomic E-state index is 10.1. The van der Waals surface area contributed by atoms with Gasteiger partial charge in [-0.25, -0.2) is 0 Å². The highest BCUT2D eigenvalue weighted by molar-refractivity contribution is 7.80. The first kappa shape index (κ1) is 15.7. The molecule has 0 saturated heterocycles. The van der Waals surface area contributed by atoms with E-state index < -0.39 is 0 Å². The number of aromatic hydroxyl groups is 1. The molecule has 5 heteroatoms. The number of nitrogens with one attached hydrogen (secondary N) is 2. The maximum Gasteiger partial charge on any atom is 0.187 e. The molecular weight excluding hydrogens is 306 g/mol. The van der Waals surface area contributed by atoms with E-state index in [-0.39, 0.29) is 5.75 Å². The molecule has 2 aromatic rings. The number of nitrogens with zero attached hydrogens (tertiary/aromatic N) is 1. The van der Waals surface area contributed by atoms with E-state index in [1.165, 1.54) is 19.3 Å². The van der Waals surface area contributed by atoms with Gasteiger partial charge in [0, 0.05) is 11.6 Å². The van der Waals surface area contributed by atoms with Gasteiger partial charge in [-0.15, -0.1) is 0 Å². The molecule has 0 atom stereocenters. The Balaban J connectivity index is 1.66. The quantitative estimate of drug-likeness (QED) is 0.457. The molecule has 1 aliphatic rings. The highest BCUT2D eigenvalue weighted by Gasteiger charge is 2.13. The number of hydrazone groups is 1. The molecule has 3 rings (SSSR count). The van der Waals surface area contributed by atoms with Crippen LogP contribution in [0.2, 0.25) is 0 Å². The van der Waals surface area contributed by atoms with Crippen molar-refractivity contribution in [1.29, 1.82) is 0 Å². The standard InChI is InChI=1S/C18H21N3OS/c22-17-11-10-13-6-4-5-9-15(13)16(17)12-19-21-18(23)20-14-7-2-1-3-8-14/h4-6,9-12,14,22H,1-3,7-8H2,(H2,20,21,23)/b19-12-. The second kappa shape index (κ2) is 7.42. The molecule has 3 N–H and O–H groups in total. The van der Waals surface area contributed by atoms with Crippen molar-refractivity contribution in [2.24, 2.45) is 5.10 Å². The number of fused-ring (bicyclic) bond motifs is 1. The first-order valence-corrected chi connectivity index (χ1v) is 8.45. The van der Waals surface area contributed by atoms with Crippen LogP contribution in [0.25, 0.3) is 10.8 Å². The third-order valence-electron chi connectivity index (χ3n) is 4.25. The minimum atomic E-state index is 0.209. The molecule has 0 aromatic heterocycles. The number of hydrogen-bond acceptors (Lipinski definition) is 3. The Bertz CT molecular complexity index is 723. The minimum Gasteiger partial charge on any atom is -0.507 e. The lowest BCUT2D eigenvalue weighted by Gasteiger charge is -2.23. The van der Waals surface area contributed by atoms with E-state index >= 15 is 0 Å². The van der Waals surface area contributed by atoms with Gasteiger partial charge < -0.3 is 10.4 Å². The third kappa shape index (κ3) is 3.99. The van der Waals surface area contributed by atoms with Gasteiger partial charge in [0.2, 0.25) is 0 Å². The van der Waals surface area contributed by atoms with Crippen LogP contribution < -0.4 is 10.7 Å². The Hall–Kier alpha value is -2.14. The Morgan fingerprint density at radius 1 is 1.13 bits per heavy atom. The van der Waals surface area contributed by atoms with Gasteiger partial charge in [0.05, 0.1) is 6.21 Å². The zero-order chi connectivity index (χ0) is 16.1. The fraction of sp³-hybridized carbons (Fsp3) is 0.333. The molecule has 0 aliphatic heterocycles. The minimum absolute atomic E-state index is 0.209. The summed E-state index contributed by atoms with van der Waals surface area (Å²) in [6, 6.07) is 11.9. The molecule has 0 radical (unpaired) electrons. The molecule has 0 heterocycles. The van der Waals surface area contributed by atoms with Crippen LogP contribution in [0.3, 0.4) is 0 Å². The van der Waals surface area contributed by atoms with Crippen LogP contribution in [0, 0.1) is 0 Å². The van der Waals surface area contributed by atoms with Crippen molar-refractivity contribution >= 4 is 34.3 Å². The largest absolute Gasteiger partial charge is 0.507 e. The van der Waals surface area contributed by atoms with E-state index in [4.69, 9.17) is 12.2 Å². The molecule has 0 spiro atoms. The van der Waals surface area contributed by atoms with Gasteiger partial charge in [-0.05, 0) is 41.9 Å². The van der Waals surface area contributed by atoms with Crippen LogP contribution in [-0.4, -0.2) is 22.5 Å². The molecule has 0 bridgehead atoms. The Morgan fingerprint density at radius 2 is 1.91 bits per heavy atom. The summed E-state index contributed by atoms with van der Waals surface area (Å²) in [5, 5.41) is 20.1. The normalized spacial score (nSPS) is 15.8. The van der Waals surface area contributed by atoms with Gasteiger partial charge in [0.1, 0.15) is 5.75 Å². The van der Waals surface area contributed by atoms with Crippen LogP contribution in [0.4, 0.5) is 0 Å². The van der Waals surface area contributed by atoms with Crippen LogP contribution >= 0.6 is 12.2 Å². The van der Waals surface area contributed by atoms with Crippen molar-refractivity contribution in [3.63, 3.8) is 0 Å². The van der Waals surface area contributed by atoms with Crippen molar-refractivity contribution in [3.8, 4) is 5.75 Å². The predicted octanol–water partition coefficient (Wildman–Crippen LogP) is 3.68. The highest BCUT2D eigenvalue weighted by Crippen LogP contribution is 2.25. The monoisotopic (exact) mass is 327 g/mol. The van der Waals surface area contributed by atoms with Crippen LogP contribution in [0.1, 0.15) is 37.7 Å². The molecule has 1 aliphatic carbocycles. The lowest BCUT2D eigenvalue weighted by Crippen LogP contribution is -2.40. The number of thiocarbonyl (C=S) groups is 1. The van der Waals surface area contributed by atoms with E-state index in [9.17, 15) is 5.11 Å². The molecule has 0 unspecified atom stereocenters. The Labute approximate surface area is 141 Å². The summed E-state index contributed by atoms with van der Waals surface area (Å²) in [7, 11) is 0. The summed E-state index contributed by atoms with van der Waals surface area (Å²) in [5.74, 6) is 0.209. The van der Waals surface area contributed by atoms with Crippen molar-refractivity contribution < 1.29 is 5.11 Å². The van der Waals surface area contributed by atoms with E-state index in [2.05, 4.69) is 15.8 Å². The van der Waals surface area contributed by atoms with Gasteiger partial charge in [-0.3, -0.25) is 5.43 Å². The van der Waals surface area contributed by atoms with Crippen molar-refractivity contribution in [2.45, 2.75) is 38.1 Å². The first-order chi connectivity index (χ1) is 11.2. The molecule has 4 nitrogen and oxygen atoms in total. The van der Waals surface area contributed by atoms with Gasteiger partial charge in [0.15, 0.2) is 5.11 Å². The Kier molecular flexibility index (Phi) is 5.08. The predicted molar refractivity (Wildman–Crippen MR) is 98.9 cm³/mol. The van der Waals surface area contributed by atoms with Gasteiger partial charge in [-0.2, -0.15) is 5.10 Å². The molecule has 0 amide bonds. The third-order valence-corrected chi connectivity index (χ3v) is 4.46. The summed E-state index contributed by atoms with van der Waals surface area (Å²) < 4.78 is 0. The second-order valence-electron chi connectivity index (χ2n) is 5.90.